The predicted octanol–water partition coefficient (Wildman–Crippen LogP) is 5.86. The topological polar surface area (TPSA) is 9.23 Å². The monoisotopic (exact) mass is 302 g/mol. The van der Waals surface area contributed by atoms with E-state index in [2.05, 4.69) is 61.7 Å². The van der Waals surface area contributed by atoms with Crippen LogP contribution in [-0.2, 0) is 11.2 Å². The molecule has 0 amide bonds. The van der Waals surface area contributed by atoms with Crippen LogP contribution in [0.15, 0.2) is 85.7 Å². The molecule has 0 aliphatic carbocycles. The number of allylic oxidation sites excluding steroid dienone is 3. The van der Waals surface area contributed by atoms with E-state index in [-0.39, 0.29) is 6.10 Å². The summed E-state index contributed by atoms with van der Waals surface area (Å²) in [6.07, 6.45) is 6.39. The van der Waals surface area contributed by atoms with E-state index in [1.54, 1.807) is 0 Å². The largest absolute Gasteiger partial charge is 0.489 e. The van der Waals surface area contributed by atoms with Crippen LogP contribution in [0.1, 0.15) is 35.6 Å². The van der Waals surface area contributed by atoms with Crippen molar-refractivity contribution in [3.05, 3.63) is 102 Å². The van der Waals surface area contributed by atoms with Gasteiger partial charge >= 0.3 is 0 Å². The maximum Gasteiger partial charge on any atom is 0.127 e. The van der Waals surface area contributed by atoms with Crippen LogP contribution in [0.3, 0.4) is 0 Å². The van der Waals surface area contributed by atoms with Gasteiger partial charge in [0.1, 0.15) is 11.9 Å². The Kier molecular flexibility index (Phi) is 4.77. The first-order valence-corrected chi connectivity index (χ1v) is 8.07. The van der Waals surface area contributed by atoms with Crippen molar-refractivity contribution < 1.29 is 4.74 Å². The number of ether oxygens (including phenoxy) is 1. The molecule has 1 atom stereocenters. The van der Waals surface area contributed by atoms with Crippen molar-refractivity contribution in [1.29, 1.82) is 0 Å². The molecule has 0 saturated carbocycles. The minimum atomic E-state index is 0.0518. The molecule has 1 heterocycles. The molecule has 1 unspecified atom stereocenters. The third-order valence-electron chi connectivity index (χ3n) is 4.23. The number of hydrogen-bond donors (Lipinski definition) is 0. The summed E-state index contributed by atoms with van der Waals surface area (Å²) < 4.78 is 6.38. The molecule has 1 nitrogen and oxygen atoms in total. The van der Waals surface area contributed by atoms with Crippen LogP contribution in [0.5, 0.6) is 0 Å². The highest BCUT2D eigenvalue weighted by molar-refractivity contribution is 5.69. The van der Waals surface area contributed by atoms with Crippen LogP contribution in [0.4, 0.5) is 0 Å². The summed E-state index contributed by atoms with van der Waals surface area (Å²) in [5, 5.41) is 0. The van der Waals surface area contributed by atoms with Gasteiger partial charge in [-0.2, -0.15) is 0 Å². The fourth-order valence-corrected chi connectivity index (χ4v) is 3.14. The van der Waals surface area contributed by atoms with Gasteiger partial charge in [0, 0.05) is 18.4 Å². The number of hydrogen-bond acceptors (Lipinski definition) is 1. The molecule has 1 heteroatoms. The maximum atomic E-state index is 6.38. The van der Waals surface area contributed by atoms with Crippen molar-refractivity contribution in [1.82, 2.24) is 0 Å². The van der Waals surface area contributed by atoms with Crippen molar-refractivity contribution in [3.63, 3.8) is 0 Å². The third-order valence-corrected chi connectivity index (χ3v) is 4.23. The molecule has 2 aromatic rings. The lowest BCUT2D eigenvalue weighted by molar-refractivity contribution is 0.104. The van der Waals surface area contributed by atoms with Crippen LogP contribution in [0.25, 0.3) is 5.57 Å². The van der Waals surface area contributed by atoms with E-state index in [4.69, 9.17) is 4.74 Å². The van der Waals surface area contributed by atoms with Gasteiger partial charge in [-0.3, -0.25) is 0 Å². The van der Waals surface area contributed by atoms with Gasteiger partial charge < -0.3 is 4.74 Å². The summed E-state index contributed by atoms with van der Waals surface area (Å²) in [7, 11) is 0. The summed E-state index contributed by atoms with van der Waals surface area (Å²) >= 11 is 0. The fraction of sp³-hybridized carbons (Fsp3) is 0.182. The van der Waals surface area contributed by atoms with Crippen molar-refractivity contribution in [2.24, 2.45) is 0 Å². The summed E-state index contributed by atoms with van der Waals surface area (Å²) in [5.74, 6) is 1.06. The zero-order chi connectivity index (χ0) is 16.1. The summed E-state index contributed by atoms with van der Waals surface area (Å²) in [5.41, 5.74) is 5.06. The Balaban J connectivity index is 2.07. The minimum absolute atomic E-state index is 0.0518. The highest BCUT2D eigenvalue weighted by atomic mass is 16.5. The van der Waals surface area contributed by atoms with Gasteiger partial charge in [0.25, 0.3) is 0 Å². The molecular formula is C22H22O. The second-order valence-corrected chi connectivity index (χ2v) is 5.77. The first kappa shape index (κ1) is 15.4. The Morgan fingerprint density at radius 2 is 1.74 bits per heavy atom. The van der Waals surface area contributed by atoms with Gasteiger partial charge in [0.15, 0.2) is 0 Å². The lowest BCUT2D eigenvalue weighted by Gasteiger charge is -2.30. The molecule has 0 bridgehead atoms. The molecule has 2 aromatic carbocycles. The zero-order valence-corrected chi connectivity index (χ0v) is 13.4. The average molecular weight is 302 g/mol. The van der Waals surface area contributed by atoms with E-state index in [1.165, 1.54) is 22.3 Å². The molecule has 0 N–H and O–H groups in total. The molecule has 0 aromatic heterocycles. The first-order chi connectivity index (χ1) is 11.3. The Bertz CT molecular complexity index is 725. The average Bonchev–Trinajstić information content (AvgIpc) is 2.60. The third kappa shape index (κ3) is 3.29. The van der Waals surface area contributed by atoms with Crippen LogP contribution in [0.2, 0.25) is 0 Å². The first-order valence-electron chi connectivity index (χ1n) is 8.07. The minimum Gasteiger partial charge on any atom is -0.489 e. The van der Waals surface area contributed by atoms with E-state index in [0.29, 0.717) is 0 Å². The maximum absolute atomic E-state index is 6.38. The molecule has 0 spiro atoms. The summed E-state index contributed by atoms with van der Waals surface area (Å²) in [4.78, 5) is 0. The smallest absolute Gasteiger partial charge is 0.127 e. The molecule has 0 saturated heterocycles. The van der Waals surface area contributed by atoms with E-state index >= 15 is 0 Å². The molecule has 1 aliphatic heterocycles. The molecule has 1 aliphatic rings. The second-order valence-electron chi connectivity index (χ2n) is 5.77. The molecule has 3 rings (SSSR count). The normalized spacial score (nSPS) is 18.5. The Morgan fingerprint density at radius 3 is 2.48 bits per heavy atom. The fourth-order valence-electron chi connectivity index (χ4n) is 3.14. The van der Waals surface area contributed by atoms with Gasteiger partial charge in [-0.1, -0.05) is 66.7 Å². The van der Waals surface area contributed by atoms with E-state index in [9.17, 15) is 0 Å². The van der Waals surface area contributed by atoms with Gasteiger partial charge in [-0.25, -0.2) is 0 Å². The quantitative estimate of drug-likeness (QED) is 0.628. The zero-order valence-electron chi connectivity index (χ0n) is 13.4. The summed E-state index contributed by atoms with van der Waals surface area (Å²) in [6.45, 7) is 7.79. The van der Waals surface area contributed by atoms with Gasteiger partial charge in [0.2, 0.25) is 0 Å². The van der Waals surface area contributed by atoms with Crippen LogP contribution >= 0.6 is 0 Å². The Morgan fingerprint density at radius 1 is 1.00 bits per heavy atom. The van der Waals surface area contributed by atoms with Crippen LogP contribution in [-0.4, -0.2) is 0 Å². The second kappa shape index (κ2) is 7.15. The number of rotatable bonds is 5. The highest BCUT2D eigenvalue weighted by Gasteiger charge is 2.25. The van der Waals surface area contributed by atoms with Gasteiger partial charge in [0.05, 0.1) is 0 Å². The summed E-state index contributed by atoms with van der Waals surface area (Å²) in [6, 6.07) is 19.0. The van der Waals surface area contributed by atoms with Crippen molar-refractivity contribution in [3.8, 4) is 0 Å². The molecular weight excluding hydrogens is 280 g/mol. The van der Waals surface area contributed by atoms with Crippen LogP contribution < -0.4 is 0 Å². The van der Waals surface area contributed by atoms with E-state index < -0.39 is 0 Å². The van der Waals surface area contributed by atoms with Crippen molar-refractivity contribution in [2.75, 3.05) is 0 Å². The number of benzene rings is 2. The Labute approximate surface area is 138 Å². The Hall–Kier alpha value is -2.54. The predicted molar refractivity (Wildman–Crippen MR) is 97.0 cm³/mol. The van der Waals surface area contributed by atoms with Gasteiger partial charge in [-0.15, -0.1) is 13.2 Å². The van der Waals surface area contributed by atoms with Crippen molar-refractivity contribution in [2.45, 2.75) is 25.4 Å². The molecule has 23 heavy (non-hydrogen) atoms. The standard InChI is InChI=1S/C22H22O/c1-3-10-19(17-12-6-5-7-13-17)22-16-18-14-8-9-15-20(18)21(23-22)11-4-2/h3-9,12-15,21H,1-2,10-11,16H2/b22-19-. The number of fused-ring (bicyclic) bond motifs is 1. The molecule has 0 fully saturated rings. The highest BCUT2D eigenvalue weighted by Crippen LogP contribution is 2.38. The van der Waals surface area contributed by atoms with Crippen LogP contribution in [0, 0.1) is 0 Å². The lowest BCUT2D eigenvalue weighted by atomic mass is 9.91. The van der Waals surface area contributed by atoms with Gasteiger partial charge in [-0.05, 0) is 23.1 Å². The molecule has 116 valence electrons. The lowest BCUT2D eigenvalue weighted by Crippen LogP contribution is -2.16. The van der Waals surface area contributed by atoms with Crippen molar-refractivity contribution >= 4 is 5.57 Å². The van der Waals surface area contributed by atoms with E-state index in [1.807, 2.05) is 18.2 Å². The molecule has 0 radical (unpaired) electrons. The SMILES string of the molecule is C=CC/C(=C1\Cc2ccccc2C(CC=C)O1)c1ccccc1. The van der Waals surface area contributed by atoms with E-state index in [0.717, 1.165) is 25.0 Å².